The van der Waals surface area contributed by atoms with Gasteiger partial charge in [0.05, 0.1) is 31.3 Å². The molecule has 0 N–H and O–H groups in total. The molecule has 1 heterocycles. The van der Waals surface area contributed by atoms with Crippen molar-refractivity contribution in [3.8, 4) is 5.75 Å². The molecule has 0 aromatic heterocycles. The Bertz CT molecular complexity index is 536. The van der Waals surface area contributed by atoms with Crippen molar-refractivity contribution in [1.82, 2.24) is 4.90 Å². The third kappa shape index (κ3) is 4.68. The lowest BCUT2D eigenvalue weighted by Gasteiger charge is -2.31. The van der Waals surface area contributed by atoms with Crippen molar-refractivity contribution < 1.29 is 23.9 Å². The van der Waals surface area contributed by atoms with Gasteiger partial charge < -0.3 is 14.2 Å². The van der Waals surface area contributed by atoms with Crippen molar-refractivity contribution >= 4 is 11.7 Å². The van der Waals surface area contributed by atoms with Crippen molar-refractivity contribution in [1.29, 1.82) is 0 Å². The molecule has 1 fully saturated rings. The minimum atomic E-state index is -0.470. The van der Waals surface area contributed by atoms with Crippen molar-refractivity contribution in [3.63, 3.8) is 0 Å². The van der Waals surface area contributed by atoms with Crippen LogP contribution in [-0.2, 0) is 14.3 Å². The van der Waals surface area contributed by atoms with Gasteiger partial charge in [-0.2, -0.15) is 0 Å². The first-order valence-corrected chi connectivity index (χ1v) is 6.86. The van der Waals surface area contributed by atoms with Crippen LogP contribution in [0.5, 0.6) is 5.75 Å². The molecular weight excluding hydrogens is 292 g/mol. The lowest BCUT2D eigenvalue weighted by atomic mass is 10.2. The zero-order valence-electron chi connectivity index (χ0n) is 12.3. The van der Waals surface area contributed by atoms with Crippen LogP contribution in [0.3, 0.4) is 0 Å². The molecule has 0 amide bonds. The third-order valence-corrected chi connectivity index (χ3v) is 3.27. The molecule has 0 aliphatic carbocycles. The number of nitro benzene ring substituents is 1. The maximum atomic E-state index is 11.3. The molecule has 2 rings (SSSR count). The summed E-state index contributed by atoms with van der Waals surface area (Å²) in [5.74, 6) is 0.128. The van der Waals surface area contributed by atoms with Crippen LogP contribution in [0.4, 0.5) is 5.69 Å². The van der Waals surface area contributed by atoms with E-state index in [1.807, 2.05) is 4.90 Å². The first-order chi connectivity index (χ1) is 10.6. The van der Waals surface area contributed by atoms with E-state index in [1.165, 1.54) is 19.2 Å². The Kier molecular flexibility index (Phi) is 5.68. The van der Waals surface area contributed by atoms with Gasteiger partial charge in [-0.15, -0.1) is 0 Å². The highest BCUT2D eigenvalue weighted by Gasteiger charge is 2.23. The smallest absolute Gasteiger partial charge is 0.319 e. The lowest BCUT2D eigenvalue weighted by molar-refractivity contribution is -0.384. The van der Waals surface area contributed by atoms with Crippen LogP contribution in [0.1, 0.15) is 0 Å². The number of rotatable bonds is 6. The summed E-state index contributed by atoms with van der Waals surface area (Å²) in [6.07, 6.45) is -0.197. The van der Waals surface area contributed by atoms with E-state index in [0.717, 1.165) is 0 Å². The fourth-order valence-electron chi connectivity index (χ4n) is 2.15. The SMILES string of the molecule is COC(=O)CN1CCO[C@H](COc2cccc([N+](=O)[O-])c2)C1. The molecule has 1 aliphatic rings. The number of morpholine rings is 1. The molecular formula is C14H18N2O6. The largest absolute Gasteiger partial charge is 0.491 e. The number of esters is 1. The molecule has 0 radical (unpaired) electrons. The molecule has 8 heteroatoms. The highest BCUT2D eigenvalue weighted by molar-refractivity contribution is 5.71. The summed E-state index contributed by atoms with van der Waals surface area (Å²) in [6.45, 7) is 2.18. The second-order valence-corrected chi connectivity index (χ2v) is 4.87. The zero-order valence-corrected chi connectivity index (χ0v) is 12.3. The normalized spacial score (nSPS) is 18.7. The number of nitro groups is 1. The third-order valence-electron chi connectivity index (χ3n) is 3.27. The van der Waals surface area contributed by atoms with E-state index >= 15 is 0 Å². The van der Waals surface area contributed by atoms with Crippen LogP contribution < -0.4 is 4.74 Å². The summed E-state index contributed by atoms with van der Waals surface area (Å²) in [4.78, 5) is 23.4. The fourth-order valence-corrected chi connectivity index (χ4v) is 2.15. The highest BCUT2D eigenvalue weighted by Crippen LogP contribution is 2.19. The number of non-ortho nitro benzene ring substituents is 1. The van der Waals surface area contributed by atoms with Crippen LogP contribution in [0.2, 0.25) is 0 Å². The Morgan fingerprint density at radius 2 is 2.36 bits per heavy atom. The van der Waals surface area contributed by atoms with Crippen LogP contribution in [-0.4, -0.2) is 61.9 Å². The molecule has 1 aromatic carbocycles. The van der Waals surface area contributed by atoms with Crippen LogP contribution in [0, 0.1) is 10.1 Å². The van der Waals surface area contributed by atoms with Crippen LogP contribution in [0.25, 0.3) is 0 Å². The predicted octanol–water partition coefficient (Wildman–Crippen LogP) is 0.847. The monoisotopic (exact) mass is 310 g/mol. The van der Waals surface area contributed by atoms with Crippen molar-refractivity contribution in [3.05, 3.63) is 34.4 Å². The second kappa shape index (κ2) is 7.71. The number of benzene rings is 1. The van der Waals surface area contributed by atoms with Gasteiger partial charge in [0, 0.05) is 19.2 Å². The van der Waals surface area contributed by atoms with Gasteiger partial charge in [-0.05, 0) is 6.07 Å². The van der Waals surface area contributed by atoms with Gasteiger partial charge in [0.25, 0.3) is 5.69 Å². The molecule has 8 nitrogen and oxygen atoms in total. The number of carbonyl (C=O) groups excluding carboxylic acids is 1. The lowest BCUT2D eigenvalue weighted by Crippen LogP contribution is -2.46. The van der Waals surface area contributed by atoms with Gasteiger partial charge in [0.15, 0.2) is 0 Å². The van der Waals surface area contributed by atoms with Gasteiger partial charge in [-0.1, -0.05) is 6.07 Å². The second-order valence-electron chi connectivity index (χ2n) is 4.87. The van der Waals surface area contributed by atoms with Crippen molar-refractivity contribution in [2.45, 2.75) is 6.10 Å². The van der Waals surface area contributed by atoms with Gasteiger partial charge in [-0.3, -0.25) is 19.8 Å². The maximum Gasteiger partial charge on any atom is 0.319 e. The van der Waals surface area contributed by atoms with Gasteiger partial charge in [0.2, 0.25) is 0 Å². The quantitative estimate of drug-likeness (QED) is 0.437. The zero-order chi connectivity index (χ0) is 15.9. The number of ether oxygens (including phenoxy) is 3. The van der Waals surface area contributed by atoms with E-state index in [9.17, 15) is 14.9 Å². The number of nitrogens with zero attached hydrogens (tertiary/aromatic N) is 2. The first-order valence-electron chi connectivity index (χ1n) is 6.86. The minimum Gasteiger partial charge on any atom is -0.491 e. The Balaban J connectivity index is 1.84. The van der Waals surface area contributed by atoms with E-state index in [2.05, 4.69) is 4.74 Å². The van der Waals surface area contributed by atoms with Gasteiger partial charge >= 0.3 is 5.97 Å². The summed E-state index contributed by atoms with van der Waals surface area (Å²) in [6, 6.07) is 6.00. The standard InChI is InChI=1S/C14H18N2O6/c1-20-14(17)9-15-5-6-21-13(8-15)10-22-12-4-2-3-11(7-12)16(18)19/h2-4,7,13H,5-6,8-10H2,1H3/t13-/m0/s1. The van der Waals surface area contributed by atoms with Gasteiger partial charge in [-0.25, -0.2) is 0 Å². The molecule has 0 bridgehead atoms. The molecule has 120 valence electrons. The summed E-state index contributed by atoms with van der Waals surface area (Å²) >= 11 is 0. The molecule has 0 spiro atoms. The number of methoxy groups -OCH3 is 1. The number of carbonyl (C=O) groups is 1. The van der Waals surface area contributed by atoms with Crippen molar-refractivity contribution in [2.24, 2.45) is 0 Å². The topological polar surface area (TPSA) is 91.1 Å². The average molecular weight is 310 g/mol. The molecule has 1 saturated heterocycles. The Morgan fingerprint density at radius 1 is 1.55 bits per heavy atom. The molecule has 1 aliphatic heterocycles. The van der Waals surface area contributed by atoms with E-state index in [1.54, 1.807) is 12.1 Å². The van der Waals surface area contributed by atoms with E-state index in [4.69, 9.17) is 9.47 Å². The fraction of sp³-hybridized carbons (Fsp3) is 0.500. The van der Waals surface area contributed by atoms with Crippen molar-refractivity contribution in [2.75, 3.05) is 40.0 Å². The number of hydrogen-bond acceptors (Lipinski definition) is 7. The Morgan fingerprint density at radius 3 is 3.09 bits per heavy atom. The molecule has 0 saturated carbocycles. The van der Waals surface area contributed by atoms with Crippen LogP contribution in [0.15, 0.2) is 24.3 Å². The van der Waals surface area contributed by atoms with Crippen LogP contribution >= 0.6 is 0 Å². The minimum absolute atomic E-state index is 0.0191. The van der Waals surface area contributed by atoms with E-state index in [-0.39, 0.29) is 30.9 Å². The highest BCUT2D eigenvalue weighted by atomic mass is 16.6. The average Bonchev–Trinajstić information content (AvgIpc) is 2.53. The van der Waals surface area contributed by atoms with E-state index < -0.39 is 4.92 Å². The summed E-state index contributed by atoms with van der Waals surface area (Å²) in [5, 5.41) is 10.7. The first kappa shape index (κ1) is 16.2. The predicted molar refractivity (Wildman–Crippen MR) is 76.8 cm³/mol. The molecule has 1 aromatic rings. The maximum absolute atomic E-state index is 11.3. The molecule has 0 unspecified atom stereocenters. The molecule has 1 atom stereocenters. The van der Waals surface area contributed by atoms with Gasteiger partial charge in [0.1, 0.15) is 18.5 Å². The molecule has 22 heavy (non-hydrogen) atoms. The Hall–Kier alpha value is -2.19. The van der Waals surface area contributed by atoms with E-state index in [0.29, 0.717) is 25.4 Å². The Labute approximate surface area is 127 Å². The summed E-state index contributed by atoms with van der Waals surface area (Å²) in [5.41, 5.74) is -0.0191. The number of hydrogen-bond donors (Lipinski definition) is 0. The summed E-state index contributed by atoms with van der Waals surface area (Å²) in [7, 11) is 1.35. The summed E-state index contributed by atoms with van der Waals surface area (Å²) < 4.78 is 15.8.